The Kier molecular flexibility index (Phi) is 6.44. The topological polar surface area (TPSA) is 63.3 Å². The van der Waals surface area contributed by atoms with Crippen LogP contribution in [0.15, 0.2) is 36.7 Å². The Balaban J connectivity index is 0.000000212. The van der Waals surface area contributed by atoms with Gasteiger partial charge in [-0.05, 0) is 23.4 Å². The molecule has 25 heavy (non-hydrogen) atoms. The summed E-state index contributed by atoms with van der Waals surface area (Å²) in [6, 6.07) is 10.4. The second kappa shape index (κ2) is 8.55. The monoisotopic (exact) mass is 341 g/mol. The molecule has 3 rings (SSSR count). The molecule has 0 spiro atoms. The van der Waals surface area contributed by atoms with Crippen LogP contribution in [-0.2, 0) is 13.6 Å². The lowest BCUT2D eigenvalue weighted by molar-refractivity contribution is -0.735. The van der Waals surface area contributed by atoms with Crippen LogP contribution in [0.4, 0.5) is 0 Å². The third-order valence-corrected chi connectivity index (χ3v) is 3.98. The van der Waals surface area contributed by atoms with Crippen LogP contribution in [0, 0.1) is 6.92 Å². The molecule has 3 aromatic rings. The van der Waals surface area contributed by atoms with Crippen LogP contribution in [0.2, 0.25) is 0 Å². The lowest BCUT2D eigenvalue weighted by atomic mass is 10.1. The molecular formula is C19H29N6+. The lowest BCUT2D eigenvalue weighted by Crippen LogP contribution is -2.35. The average molecular weight is 341 g/mol. The standard InChI is InChI=1S/C13H17N3.C6H11N3/c1-10(2)13-11(3)14-15-16(13)9-12-7-5-4-6-8-12;1-5(2)6-7-4-8-9(6)3/h4-8,10H,9H2,1-3H3;4-5H,1-3H3/p+1. The number of nitrogens with one attached hydrogen (secondary N) is 1. The van der Waals surface area contributed by atoms with Gasteiger partial charge in [0.15, 0.2) is 0 Å². The highest BCUT2D eigenvalue weighted by molar-refractivity contribution is 5.18. The van der Waals surface area contributed by atoms with E-state index in [2.05, 4.69) is 60.2 Å². The number of hydrogen-bond acceptors (Lipinski definition) is 3. The number of nitrogens with zero attached hydrogens (tertiary/aromatic N) is 5. The number of benzene rings is 1. The van der Waals surface area contributed by atoms with Gasteiger partial charge in [-0.2, -0.15) is 9.78 Å². The predicted octanol–water partition coefficient (Wildman–Crippen LogP) is 3.12. The van der Waals surface area contributed by atoms with Crippen molar-refractivity contribution in [1.29, 1.82) is 0 Å². The SMILES string of the molecule is CC(C)c1nc[nH][n+]1C.Cc1nnn(Cc2ccccc2)c1C(C)C. The molecule has 6 heteroatoms. The van der Waals surface area contributed by atoms with Crippen LogP contribution < -0.4 is 4.68 Å². The highest BCUT2D eigenvalue weighted by Crippen LogP contribution is 2.17. The fourth-order valence-electron chi connectivity index (χ4n) is 2.87. The van der Waals surface area contributed by atoms with Crippen molar-refractivity contribution in [3.63, 3.8) is 0 Å². The lowest BCUT2D eigenvalue weighted by Gasteiger charge is -2.09. The van der Waals surface area contributed by atoms with Crippen LogP contribution >= 0.6 is 0 Å². The molecular weight excluding hydrogens is 312 g/mol. The summed E-state index contributed by atoms with van der Waals surface area (Å²) in [5.41, 5.74) is 3.52. The molecule has 0 aliphatic carbocycles. The van der Waals surface area contributed by atoms with Crippen molar-refractivity contribution in [3.8, 4) is 0 Å². The molecule has 2 aromatic heterocycles. The molecule has 1 aromatic carbocycles. The Bertz CT molecular complexity index is 770. The maximum atomic E-state index is 4.20. The zero-order valence-electron chi connectivity index (χ0n) is 16.1. The number of aromatic nitrogens is 6. The van der Waals surface area contributed by atoms with Gasteiger partial charge in [0, 0.05) is 0 Å². The molecule has 0 aliphatic heterocycles. The summed E-state index contributed by atoms with van der Waals surface area (Å²) in [5, 5.41) is 11.3. The molecule has 0 radical (unpaired) electrons. The summed E-state index contributed by atoms with van der Waals surface area (Å²) in [6.07, 6.45) is 1.70. The molecule has 0 saturated heterocycles. The highest BCUT2D eigenvalue weighted by atomic mass is 15.4. The quantitative estimate of drug-likeness (QED) is 0.742. The molecule has 0 aliphatic rings. The Morgan fingerprint density at radius 1 is 1.08 bits per heavy atom. The molecule has 0 bridgehead atoms. The number of hydrogen-bond donors (Lipinski definition) is 1. The summed E-state index contributed by atoms with van der Waals surface area (Å²) >= 11 is 0. The van der Waals surface area contributed by atoms with Gasteiger partial charge >= 0.3 is 5.82 Å². The fraction of sp³-hybridized carbons (Fsp3) is 0.474. The van der Waals surface area contributed by atoms with Crippen molar-refractivity contribution in [2.75, 3.05) is 0 Å². The fourth-order valence-corrected chi connectivity index (χ4v) is 2.87. The van der Waals surface area contributed by atoms with Crippen molar-refractivity contribution in [2.24, 2.45) is 7.05 Å². The van der Waals surface area contributed by atoms with Crippen molar-refractivity contribution < 1.29 is 4.68 Å². The largest absolute Gasteiger partial charge is 0.321 e. The summed E-state index contributed by atoms with van der Waals surface area (Å²) in [7, 11) is 1.96. The van der Waals surface area contributed by atoms with E-state index in [-0.39, 0.29) is 0 Å². The Morgan fingerprint density at radius 2 is 1.76 bits per heavy atom. The van der Waals surface area contributed by atoms with E-state index in [1.807, 2.05) is 41.5 Å². The molecule has 0 saturated carbocycles. The molecule has 0 atom stereocenters. The van der Waals surface area contributed by atoms with Gasteiger partial charge in [-0.3, -0.25) is 0 Å². The van der Waals surface area contributed by atoms with Gasteiger partial charge in [-0.25, -0.2) is 4.68 Å². The van der Waals surface area contributed by atoms with Gasteiger partial charge in [-0.1, -0.05) is 63.2 Å². The van der Waals surface area contributed by atoms with E-state index in [9.17, 15) is 0 Å². The zero-order valence-corrected chi connectivity index (χ0v) is 16.1. The van der Waals surface area contributed by atoms with Gasteiger partial charge in [0.2, 0.25) is 6.33 Å². The predicted molar refractivity (Wildman–Crippen MR) is 98.2 cm³/mol. The van der Waals surface area contributed by atoms with E-state index in [0.29, 0.717) is 11.8 Å². The van der Waals surface area contributed by atoms with Crippen LogP contribution in [0.5, 0.6) is 0 Å². The van der Waals surface area contributed by atoms with Crippen LogP contribution in [0.3, 0.4) is 0 Å². The molecule has 1 N–H and O–H groups in total. The van der Waals surface area contributed by atoms with Crippen molar-refractivity contribution in [2.45, 2.75) is 53.0 Å². The minimum Gasteiger partial charge on any atom is -0.244 e. The van der Waals surface area contributed by atoms with Crippen molar-refractivity contribution in [1.82, 2.24) is 25.1 Å². The van der Waals surface area contributed by atoms with Crippen LogP contribution in [0.1, 0.15) is 62.3 Å². The third-order valence-electron chi connectivity index (χ3n) is 3.98. The first-order valence-corrected chi connectivity index (χ1v) is 8.73. The van der Waals surface area contributed by atoms with Crippen molar-refractivity contribution >= 4 is 0 Å². The van der Waals surface area contributed by atoms with E-state index in [1.165, 1.54) is 11.3 Å². The smallest absolute Gasteiger partial charge is 0.244 e. The van der Waals surface area contributed by atoms with Gasteiger partial charge < -0.3 is 0 Å². The van der Waals surface area contributed by atoms with Crippen LogP contribution in [-0.4, -0.2) is 25.1 Å². The van der Waals surface area contributed by atoms with E-state index >= 15 is 0 Å². The second-order valence-electron chi connectivity index (χ2n) is 6.82. The minimum absolute atomic E-state index is 0.457. The maximum absolute atomic E-state index is 4.20. The van der Waals surface area contributed by atoms with Gasteiger partial charge in [-0.15, -0.1) is 5.10 Å². The molecule has 2 heterocycles. The van der Waals surface area contributed by atoms with Gasteiger partial charge in [0.05, 0.1) is 23.9 Å². The molecule has 0 unspecified atom stereocenters. The number of aromatic amines is 1. The molecule has 6 nitrogen and oxygen atoms in total. The van der Waals surface area contributed by atoms with E-state index < -0.39 is 0 Å². The van der Waals surface area contributed by atoms with Gasteiger partial charge in [0.1, 0.15) is 7.05 Å². The highest BCUT2D eigenvalue weighted by Gasteiger charge is 2.13. The van der Waals surface area contributed by atoms with E-state index in [1.54, 1.807) is 6.33 Å². The molecule has 134 valence electrons. The molecule has 0 amide bonds. The maximum Gasteiger partial charge on any atom is 0.321 e. The number of rotatable bonds is 4. The summed E-state index contributed by atoms with van der Waals surface area (Å²) in [4.78, 5) is 4.12. The average Bonchev–Trinajstić information content (AvgIpc) is 3.15. The summed E-state index contributed by atoms with van der Waals surface area (Å²) in [6.45, 7) is 11.4. The van der Waals surface area contributed by atoms with E-state index in [4.69, 9.17) is 0 Å². The first-order valence-electron chi connectivity index (χ1n) is 8.73. The first kappa shape index (κ1) is 18.8. The Hall–Kier alpha value is -2.50. The zero-order chi connectivity index (χ0) is 18.4. The van der Waals surface area contributed by atoms with E-state index in [0.717, 1.165) is 18.1 Å². The van der Waals surface area contributed by atoms with Crippen molar-refractivity contribution in [3.05, 3.63) is 59.4 Å². The van der Waals surface area contributed by atoms with Crippen LogP contribution in [0.25, 0.3) is 0 Å². The van der Waals surface area contributed by atoms with Gasteiger partial charge in [0.25, 0.3) is 0 Å². The summed E-state index contributed by atoms with van der Waals surface area (Å²) < 4.78 is 3.92. The number of H-pyrrole nitrogens is 1. The number of aryl methyl sites for hydroxylation is 2. The Morgan fingerprint density at radius 3 is 2.24 bits per heavy atom. The normalized spacial score (nSPS) is 10.9. The second-order valence-corrected chi connectivity index (χ2v) is 6.82. The Labute approximate surface area is 149 Å². The third kappa shape index (κ3) is 4.98. The first-order chi connectivity index (χ1) is 11.9. The minimum atomic E-state index is 0.457. The molecule has 0 fully saturated rings. The summed E-state index contributed by atoms with van der Waals surface area (Å²) in [5.74, 6) is 2.05.